The molecule has 4 saturated carbocycles. The highest BCUT2D eigenvalue weighted by molar-refractivity contribution is 5.95. The maximum absolute atomic E-state index is 13.7. The third-order valence-electron chi connectivity index (χ3n) is 12.8. The standard InChI is InChI=1S/C31H50O3/c1-27(2)22-11-14-29(5)18-19-17-21(32)26-28(3,4)24(33)12-15-30(26,6)20(19)9-10-23(29)31(22,7)16-13-25(27)34-8/h17,20,22-26,33H,9-16,18H2,1-8H3/t20-,22-,23-,24+,25+,26-,29-,30+,31-/m0/s1. The molecule has 0 spiro atoms. The Morgan fingerprint density at radius 2 is 1.50 bits per heavy atom. The first-order valence-corrected chi connectivity index (χ1v) is 14.2. The van der Waals surface area contributed by atoms with Crippen LogP contribution in [-0.2, 0) is 9.53 Å². The fourth-order valence-corrected chi connectivity index (χ4v) is 11.3. The van der Waals surface area contributed by atoms with Crippen LogP contribution in [0.5, 0.6) is 0 Å². The molecule has 0 aromatic rings. The minimum absolute atomic E-state index is 0.0267. The van der Waals surface area contributed by atoms with Gasteiger partial charge in [-0.15, -0.1) is 0 Å². The predicted octanol–water partition coefficient (Wildman–Crippen LogP) is 6.97. The van der Waals surface area contributed by atoms with Gasteiger partial charge in [0.1, 0.15) is 0 Å². The molecule has 192 valence electrons. The number of carbonyl (C=O) groups excluding carboxylic acids is 1. The minimum Gasteiger partial charge on any atom is -0.393 e. The summed E-state index contributed by atoms with van der Waals surface area (Å²) in [6.45, 7) is 16.8. The second-order valence-corrected chi connectivity index (χ2v) is 15.1. The number of ether oxygens (including phenoxy) is 1. The first kappa shape index (κ1) is 25.0. The number of methoxy groups -OCH3 is 1. The van der Waals surface area contributed by atoms with E-state index >= 15 is 0 Å². The van der Waals surface area contributed by atoms with Crippen LogP contribution < -0.4 is 0 Å². The van der Waals surface area contributed by atoms with Crippen molar-refractivity contribution in [1.82, 2.24) is 0 Å². The highest BCUT2D eigenvalue weighted by Crippen LogP contribution is 2.70. The van der Waals surface area contributed by atoms with Gasteiger partial charge < -0.3 is 9.84 Å². The Morgan fingerprint density at radius 1 is 0.824 bits per heavy atom. The van der Waals surface area contributed by atoms with Crippen LogP contribution in [0.1, 0.15) is 106 Å². The van der Waals surface area contributed by atoms with Crippen LogP contribution in [0.25, 0.3) is 0 Å². The van der Waals surface area contributed by atoms with E-state index in [-0.39, 0.29) is 33.7 Å². The van der Waals surface area contributed by atoms with E-state index in [9.17, 15) is 9.90 Å². The number of fused-ring (bicyclic) bond motifs is 6. The molecule has 5 rings (SSSR count). The summed E-state index contributed by atoms with van der Waals surface area (Å²) in [5.41, 5.74) is 1.89. The second-order valence-electron chi connectivity index (χ2n) is 15.1. The summed E-state index contributed by atoms with van der Waals surface area (Å²) in [4.78, 5) is 13.7. The zero-order valence-corrected chi connectivity index (χ0v) is 23.2. The molecule has 9 atom stereocenters. The molecule has 0 aliphatic heterocycles. The lowest BCUT2D eigenvalue weighted by molar-refractivity contribution is -0.178. The van der Waals surface area contributed by atoms with Crippen molar-refractivity contribution < 1.29 is 14.6 Å². The molecule has 0 heterocycles. The van der Waals surface area contributed by atoms with Crippen molar-refractivity contribution in [1.29, 1.82) is 0 Å². The predicted molar refractivity (Wildman–Crippen MR) is 137 cm³/mol. The topological polar surface area (TPSA) is 46.5 Å². The molecule has 3 nitrogen and oxygen atoms in total. The first-order valence-electron chi connectivity index (χ1n) is 14.2. The van der Waals surface area contributed by atoms with E-state index in [1.807, 2.05) is 7.11 Å². The molecule has 0 radical (unpaired) electrons. The Labute approximate surface area is 208 Å². The van der Waals surface area contributed by atoms with Crippen molar-refractivity contribution in [2.24, 2.45) is 50.7 Å². The Bertz CT molecular complexity index is 885. The lowest BCUT2D eigenvalue weighted by Crippen LogP contribution is -2.58. The third kappa shape index (κ3) is 3.17. The van der Waals surface area contributed by atoms with Crippen LogP contribution in [0.2, 0.25) is 0 Å². The van der Waals surface area contributed by atoms with E-state index in [0.717, 1.165) is 19.3 Å². The average Bonchev–Trinajstić information content (AvgIpc) is 2.87. The van der Waals surface area contributed by atoms with Gasteiger partial charge in [-0.3, -0.25) is 4.79 Å². The number of rotatable bonds is 1. The molecule has 0 saturated heterocycles. The van der Waals surface area contributed by atoms with Crippen molar-refractivity contribution in [3.8, 4) is 0 Å². The molecular weight excluding hydrogens is 420 g/mol. The zero-order chi connectivity index (χ0) is 24.9. The van der Waals surface area contributed by atoms with Crippen LogP contribution in [0.15, 0.2) is 11.6 Å². The molecule has 0 bridgehead atoms. The van der Waals surface area contributed by atoms with Crippen LogP contribution in [0.4, 0.5) is 0 Å². The Morgan fingerprint density at radius 3 is 2.18 bits per heavy atom. The van der Waals surface area contributed by atoms with Gasteiger partial charge in [0.2, 0.25) is 0 Å². The number of aliphatic hydroxyl groups excluding tert-OH is 1. The van der Waals surface area contributed by atoms with Crippen molar-refractivity contribution >= 4 is 5.78 Å². The Hall–Kier alpha value is -0.670. The van der Waals surface area contributed by atoms with Gasteiger partial charge in [0.05, 0.1) is 12.2 Å². The number of aliphatic hydroxyl groups is 1. The van der Waals surface area contributed by atoms with E-state index < -0.39 is 0 Å². The Balaban J connectivity index is 1.53. The maximum atomic E-state index is 13.7. The molecule has 5 aliphatic rings. The number of hydrogen-bond donors (Lipinski definition) is 1. The quantitative estimate of drug-likeness (QED) is 0.450. The minimum atomic E-state index is -0.381. The fraction of sp³-hybridized carbons (Fsp3) is 0.903. The average molecular weight is 471 g/mol. The smallest absolute Gasteiger partial charge is 0.159 e. The molecule has 4 fully saturated rings. The summed E-state index contributed by atoms with van der Waals surface area (Å²) in [5, 5.41) is 10.8. The van der Waals surface area contributed by atoms with Gasteiger partial charge in [0.25, 0.3) is 0 Å². The molecule has 5 aliphatic carbocycles. The van der Waals surface area contributed by atoms with E-state index in [4.69, 9.17) is 4.74 Å². The molecule has 34 heavy (non-hydrogen) atoms. The highest BCUT2D eigenvalue weighted by atomic mass is 16.5. The number of carbonyl (C=O) groups is 1. The normalized spacial score (nSPS) is 51.8. The van der Waals surface area contributed by atoms with Gasteiger partial charge in [0.15, 0.2) is 5.78 Å². The van der Waals surface area contributed by atoms with Gasteiger partial charge in [-0.2, -0.15) is 0 Å². The third-order valence-corrected chi connectivity index (χ3v) is 12.8. The van der Waals surface area contributed by atoms with Gasteiger partial charge in [-0.1, -0.05) is 54.0 Å². The second kappa shape index (κ2) is 7.67. The van der Waals surface area contributed by atoms with Crippen molar-refractivity contribution in [3.05, 3.63) is 11.6 Å². The summed E-state index contributed by atoms with van der Waals surface area (Å²) in [5.74, 6) is 2.10. The van der Waals surface area contributed by atoms with Crippen molar-refractivity contribution in [2.45, 2.75) is 118 Å². The number of hydrogen-bond acceptors (Lipinski definition) is 3. The van der Waals surface area contributed by atoms with E-state index in [0.29, 0.717) is 35.1 Å². The Kier molecular flexibility index (Phi) is 5.64. The van der Waals surface area contributed by atoms with Gasteiger partial charge in [-0.25, -0.2) is 0 Å². The van der Waals surface area contributed by atoms with Crippen LogP contribution in [0, 0.1) is 50.7 Å². The molecule has 1 N–H and O–H groups in total. The lowest BCUT2D eigenvalue weighted by atomic mass is 9.42. The molecule has 0 aromatic heterocycles. The zero-order valence-electron chi connectivity index (χ0n) is 23.2. The van der Waals surface area contributed by atoms with Crippen LogP contribution in [-0.4, -0.2) is 30.2 Å². The molecule has 0 amide bonds. The van der Waals surface area contributed by atoms with Crippen LogP contribution in [0.3, 0.4) is 0 Å². The van der Waals surface area contributed by atoms with Crippen molar-refractivity contribution in [2.75, 3.05) is 7.11 Å². The SMILES string of the molecule is CO[C@@H]1CC[C@@]2(C)[C@@H](CC[C@@]3(C)CC4=CC(=O)[C@H]5C(C)(C)[C@H](O)CC[C@]5(C)[C@H]4CC[C@@H]32)C1(C)C. The van der Waals surface area contributed by atoms with Gasteiger partial charge in [0, 0.05) is 18.4 Å². The molecule has 0 unspecified atom stereocenters. The lowest BCUT2D eigenvalue weighted by Gasteiger charge is -2.64. The summed E-state index contributed by atoms with van der Waals surface area (Å²) in [6.07, 6.45) is 12.4. The van der Waals surface area contributed by atoms with E-state index in [1.165, 1.54) is 44.1 Å². The summed E-state index contributed by atoms with van der Waals surface area (Å²) < 4.78 is 6.01. The maximum Gasteiger partial charge on any atom is 0.159 e. The molecule has 3 heteroatoms. The number of allylic oxidation sites excluding steroid dienone is 2. The number of ketones is 1. The molecule has 0 aromatic carbocycles. The summed E-state index contributed by atoms with van der Waals surface area (Å²) in [7, 11) is 1.90. The summed E-state index contributed by atoms with van der Waals surface area (Å²) >= 11 is 0. The monoisotopic (exact) mass is 470 g/mol. The first-order chi connectivity index (χ1) is 15.7. The van der Waals surface area contributed by atoms with Gasteiger partial charge >= 0.3 is 0 Å². The van der Waals surface area contributed by atoms with Crippen LogP contribution >= 0.6 is 0 Å². The molecular formula is C31H50O3. The van der Waals surface area contributed by atoms with Gasteiger partial charge in [-0.05, 0) is 103 Å². The fourth-order valence-electron chi connectivity index (χ4n) is 11.3. The highest BCUT2D eigenvalue weighted by Gasteiger charge is 2.64. The largest absolute Gasteiger partial charge is 0.393 e. The summed E-state index contributed by atoms with van der Waals surface area (Å²) in [6, 6.07) is 0. The van der Waals surface area contributed by atoms with E-state index in [1.54, 1.807) is 0 Å². The van der Waals surface area contributed by atoms with Crippen molar-refractivity contribution in [3.63, 3.8) is 0 Å². The van der Waals surface area contributed by atoms with E-state index in [2.05, 4.69) is 54.5 Å².